The first-order valence-corrected chi connectivity index (χ1v) is 34.4. The summed E-state index contributed by atoms with van der Waals surface area (Å²) in [5, 5.41) is 14.1. The molecular weight excluding hydrogens is 1340 g/mol. The van der Waals surface area contributed by atoms with E-state index in [9.17, 15) is 24.0 Å². The van der Waals surface area contributed by atoms with E-state index >= 15 is 0 Å². The summed E-state index contributed by atoms with van der Waals surface area (Å²) < 4.78 is 42.8. The van der Waals surface area contributed by atoms with Crippen molar-refractivity contribution in [3.63, 3.8) is 0 Å². The van der Waals surface area contributed by atoms with Gasteiger partial charge < -0.3 is 48.6 Å². The molecule has 0 aliphatic carbocycles. The van der Waals surface area contributed by atoms with Gasteiger partial charge in [-0.2, -0.15) is 28.0 Å². The van der Waals surface area contributed by atoms with Crippen LogP contribution in [0.25, 0.3) is 11.3 Å². The number of piperidine rings is 4. The number of fused-ring (bicyclic) bond motifs is 2. The van der Waals surface area contributed by atoms with Crippen molar-refractivity contribution >= 4 is 118 Å². The van der Waals surface area contributed by atoms with Gasteiger partial charge in [-0.1, -0.05) is 0 Å². The smallest absolute Gasteiger partial charge is 0.421 e. The van der Waals surface area contributed by atoms with Gasteiger partial charge in [0.1, 0.15) is 49.6 Å². The maximum atomic E-state index is 14.1. The van der Waals surface area contributed by atoms with Crippen molar-refractivity contribution in [3.8, 4) is 0 Å². The van der Waals surface area contributed by atoms with Crippen molar-refractivity contribution in [1.82, 2.24) is 57.5 Å². The summed E-state index contributed by atoms with van der Waals surface area (Å²) in [6, 6.07) is 7.90. The van der Waals surface area contributed by atoms with Crippen LogP contribution < -0.4 is 10.2 Å². The van der Waals surface area contributed by atoms with Crippen LogP contribution in [0.3, 0.4) is 0 Å². The number of hydrogen-bond donors (Lipinski definition) is 1. The summed E-state index contributed by atoms with van der Waals surface area (Å²) in [5.74, 6) is 1.60. The number of aromatic nitrogens is 8. The molecule has 0 aromatic carbocycles. The molecule has 6 aromatic heterocycles. The number of nitrogens with zero attached hydrogens (tertiary/aromatic N) is 13. The molecule has 0 spiro atoms. The van der Waals surface area contributed by atoms with E-state index in [1.54, 1.807) is 41.0 Å². The van der Waals surface area contributed by atoms with E-state index in [4.69, 9.17) is 42.4 Å². The van der Waals surface area contributed by atoms with Crippen LogP contribution in [0.2, 0.25) is 0 Å². The Kier molecular flexibility index (Phi) is 21.0. The fourth-order valence-corrected chi connectivity index (χ4v) is 13.4. The third-order valence-corrected chi connectivity index (χ3v) is 17.9. The highest BCUT2D eigenvalue weighted by molar-refractivity contribution is 9.11. The Balaban J connectivity index is 0.000000218. The fourth-order valence-electron chi connectivity index (χ4n) is 11.2. The largest absolute Gasteiger partial charge is 0.444 e. The normalized spacial score (nSPS) is 18.4. The molecule has 91 heavy (non-hydrogen) atoms. The highest BCUT2D eigenvalue weighted by Crippen LogP contribution is 2.41. The highest BCUT2D eigenvalue weighted by atomic mass is 79.9. The van der Waals surface area contributed by atoms with Gasteiger partial charge in [0.05, 0.1) is 44.1 Å². The lowest BCUT2D eigenvalue weighted by atomic mass is 9.94. The molecule has 1 N–H and O–H groups in total. The van der Waals surface area contributed by atoms with Gasteiger partial charge in [-0.25, -0.2) is 38.8 Å². The SMILES string of the molecule is CC(C)(C)OC(=O)N1CCC(c2cc(N(C(=O)OC(C)(C)C)c3cc(C4CCCN(C(=O)OC(C)(C)C)C4)nc4c(Br)cnn34)sn2)CC1.CC(C)(C)OC(=O)N1CCC(c2cc(Nc3cc(C4CCCN(C(=O)OC(C)(C)C)C4)nc4c(Br)cnn34)sn2)CC1. The van der Waals surface area contributed by atoms with E-state index in [1.807, 2.05) is 122 Å². The minimum Gasteiger partial charge on any atom is -0.444 e. The zero-order valence-corrected chi connectivity index (χ0v) is 59.9. The molecular formula is C63H88Br2N14O10S2. The third kappa shape index (κ3) is 18.3. The maximum absolute atomic E-state index is 14.1. The van der Waals surface area contributed by atoms with Gasteiger partial charge in [0.15, 0.2) is 11.3 Å². The number of anilines is 4. The Bertz CT molecular complexity index is 3580. The molecule has 496 valence electrons. The maximum Gasteiger partial charge on any atom is 0.421 e. The van der Waals surface area contributed by atoms with Gasteiger partial charge in [0.2, 0.25) is 0 Å². The first-order valence-electron chi connectivity index (χ1n) is 31.3. The molecule has 4 aliphatic heterocycles. The molecule has 28 heteroatoms. The zero-order chi connectivity index (χ0) is 66.1. The molecule has 5 amide bonds. The lowest BCUT2D eigenvalue weighted by Gasteiger charge is -2.34. The second-order valence-corrected chi connectivity index (χ2v) is 32.0. The van der Waals surface area contributed by atoms with Crippen LogP contribution in [0.15, 0.2) is 45.6 Å². The van der Waals surface area contributed by atoms with Crippen LogP contribution in [0.4, 0.5) is 45.6 Å². The molecule has 10 rings (SSSR count). The van der Waals surface area contributed by atoms with Crippen LogP contribution in [-0.4, -0.2) is 168 Å². The number of ether oxygens (including phenoxy) is 5. The summed E-state index contributed by atoms with van der Waals surface area (Å²) in [7, 11) is 0. The second-order valence-electron chi connectivity index (χ2n) is 28.7. The molecule has 0 bridgehead atoms. The lowest BCUT2D eigenvalue weighted by Crippen LogP contribution is -2.42. The average Bonchev–Trinajstić information content (AvgIpc) is 1.71. The van der Waals surface area contributed by atoms with E-state index in [0.29, 0.717) is 78.9 Å². The molecule has 4 fully saturated rings. The van der Waals surface area contributed by atoms with Crippen LogP contribution >= 0.6 is 54.9 Å². The lowest BCUT2D eigenvalue weighted by molar-refractivity contribution is 0.0187. The number of hydrogen-bond acceptors (Lipinski definition) is 19. The number of carbonyl (C=O) groups is 5. The minimum atomic E-state index is -0.770. The molecule has 24 nitrogen and oxygen atoms in total. The standard InChI is InChI=1S/C34H48BrN7O6S.C29H40BrN7O4S/c1-32(2,3)46-29(43)39-15-12-21(13-16-39)25-18-27(49-38-25)41(31(45)48-34(7,8)9)26-17-24(37-28-23(35)19-36-42(26)28)22-11-10-14-40(20-22)30(44)47-33(4,5)6;1-28(2,3)40-26(38)35-12-9-18(10-13-35)22-15-24(42-34-22)33-23-14-21(32-25-20(30)16-31-37(23)25)19-8-7-11-36(17-19)27(39)41-29(4,5)6/h17-19,21-22H,10-16,20H2,1-9H3;14-16,18-19,33H,7-13,17H2,1-6H3. The fraction of sp³-hybridized carbons (Fsp3) is 0.635. The predicted octanol–water partition coefficient (Wildman–Crippen LogP) is 15.2. The van der Waals surface area contributed by atoms with Crippen molar-refractivity contribution in [2.75, 3.05) is 62.6 Å². The van der Waals surface area contributed by atoms with E-state index in [0.717, 1.165) is 89.4 Å². The summed E-state index contributed by atoms with van der Waals surface area (Å²) in [6.07, 6.45) is 8.14. The first kappa shape index (κ1) is 69.0. The van der Waals surface area contributed by atoms with Crippen molar-refractivity contribution in [3.05, 3.63) is 68.4 Å². The summed E-state index contributed by atoms with van der Waals surface area (Å²) >= 11 is 9.81. The Morgan fingerprint density at radius 3 is 1.35 bits per heavy atom. The molecule has 0 radical (unpaired) electrons. The molecule has 4 aliphatic rings. The molecule has 2 atom stereocenters. The van der Waals surface area contributed by atoms with Crippen molar-refractivity contribution < 1.29 is 47.7 Å². The zero-order valence-electron chi connectivity index (χ0n) is 55.1. The van der Waals surface area contributed by atoms with Crippen molar-refractivity contribution in [2.24, 2.45) is 0 Å². The summed E-state index contributed by atoms with van der Waals surface area (Å²) in [6.45, 7) is 32.6. The molecule has 2 unspecified atom stereocenters. The van der Waals surface area contributed by atoms with Gasteiger partial charge in [0, 0.05) is 88.2 Å². The van der Waals surface area contributed by atoms with Crippen LogP contribution in [-0.2, 0) is 23.7 Å². The highest BCUT2D eigenvalue weighted by Gasteiger charge is 2.37. The van der Waals surface area contributed by atoms with Crippen molar-refractivity contribution in [1.29, 1.82) is 0 Å². The van der Waals surface area contributed by atoms with Gasteiger partial charge in [-0.15, -0.1) is 0 Å². The van der Waals surface area contributed by atoms with Gasteiger partial charge in [-0.3, -0.25) is 0 Å². The van der Waals surface area contributed by atoms with E-state index < -0.39 is 34.1 Å². The number of carbonyl (C=O) groups excluding carboxylic acids is 5. The average molecular weight is 1430 g/mol. The van der Waals surface area contributed by atoms with Crippen molar-refractivity contribution in [2.45, 2.75) is 207 Å². The van der Waals surface area contributed by atoms with E-state index in [-0.39, 0.29) is 48.0 Å². The number of likely N-dealkylation sites (tertiary alicyclic amines) is 4. The molecule has 0 saturated carbocycles. The van der Waals surface area contributed by atoms with Gasteiger partial charge in [-0.05, 0) is 222 Å². The summed E-state index contributed by atoms with van der Waals surface area (Å²) in [4.78, 5) is 83.4. The predicted molar refractivity (Wildman–Crippen MR) is 356 cm³/mol. The first-order chi connectivity index (χ1) is 42.5. The van der Waals surface area contributed by atoms with Crippen LogP contribution in [0, 0.1) is 0 Å². The number of amides is 5. The van der Waals surface area contributed by atoms with Crippen LogP contribution in [0.1, 0.15) is 202 Å². The van der Waals surface area contributed by atoms with Gasteiger partial charge >= 0.3 is 30.5 Å². The quantitative estimate of drug-likeness (QED) is 0.139. The second kappa shape index (κ2) is 27.7. The Hall–Kier alpha value is -6.39. The third-order valence-electron chi connectivity index (χ3n) is 15.3. The Labute approximate surface area is 558 Å². The number of rotatable bonds is 8. The Morgan fingerprint density at radius 2 is 0.890 bits per heavy atom. The molecule has 4 saturated heterocycles. The van der Waals surface area contributed by atoms with E-state index in [1.165, 1.54) is 28.0 Å². The molecule has 10 heterocycles. The molecule has 6 aromatic rings. The summed E-state index contributed by atoms with van der Waals surface area (Å²) in [5.41, 5.74) is 1.79. The topological polar surface area (TPSA) is 246 Å². The van der Waals surface area contributed by atoms with E-state index in [2.05, 4.69) is 53.4 Å². The number of halogens is 2. The van der Waals surface area contributed by atoms with Crippen LogP contribution in [0.5, 0.6) is 0 Å². The monoisotopic (exact) mass is 1420 g/mol. The minimum absolute atomic E-state index is 0.0748. The Morgan fingerprint density at radius 1 is 0.484 bits per heavy atom. The van der Waals surface area contributed by atoms with Gasteiger partial charge in [0.25, 0.3) is 0 Å². The number of nitrogens with one attached hydrogen (secondary N) is 1.